The molecular formula is C16H24ClNO2S. The van der Waals surface area contributed by atoms with E-state index in [9.17, 15) is 8.42 Å². The van der Waals surface area contributed by atoms with Crippen molar-refractivity contribution in [2.45, 2.75) is 56.4 Å². The summed E-state index contributed by atoms with van der Waals surface area (Å²) in [5.41, 5.74) is 1.06. The second-order valence-corrected chi connectivity index (χ2v) is 7.98. The minimum absolute atomic E-state index is 0.00202. The molecule has 1 aliphatic rings. The highest BCUT2D eigenvalue weighted by Gasteiger charge is 2.25. The van der Waals surface area contributed by atoms with Crippen molar-refractivity contribution in [2.24, 2.45) is 5.92 Å². The van der Waals surface area contributed by atoms with Gasteiger partial charge in [0.1, 0.15) is 0 Å². The van der Waals surface area contributed by atoms with Crippen molar-refractivity contribution in [3.8, 4) is 0 Å². The molecule has 1 atom stereocenters. The highest BCUT2D eigenvalue weighted by atomic mass is 35.5. The van der Waals surface area contributed by atoms with Crippen LogP contribution in [0.25, 0.3) is 0 Å². The fourth-order valence-corrected chi connectivity index (χ4v) is 4.52. The first-order valence-corrected chi connectivity index (χ1v) is 9.72. The lowest BCUT2D eigenvalue weighted by Gasteiger charge is -2.28. The lowest BCUT2D eigenvalue weighted by atomic mass is 9.85. The molecule has 5 heteroatoms. The van der Waals surface area contributed by atoms with Gasteiger partial charge in [0.2, 0.25) is 10.0 Å². The molecule has 0 aromatic heterocycles. The van der Waals surface area contributed by atoms with Gasteiger partial charge >= 0.3 is 0 Å². The van der Waals surface area contributed by atoms with Gasteiger partial charge in [-0.25, -0.2) is 13.1 Å². The fourth-order valence-electron chi connectivity index (χ4n) is 2.99. The molecule has 21 heavy (non-hydrogen) atoms. The van der Waals surface area contributed by atoms with Gasteiger partial charge in [0.25, 0.3) is 0 Å². The molecule has 0 heterocycles. The Balaban J connectivity index is 2.03. The standard InChI is InChI=1S/C16H24ClNO2S/c1-13(15-5-3-2-4-6-15)18-21(19,20)16-9-7-14(8-10-16)11-12-17/h7-10,13,15,18H,2-6,11-12H2,1H3. The minimum Gasteiger partial charge on any atom is -0.208 e. The van der Waals surface area contributed by atoms with Crippen molar-refractivity contribution in [3.05, 3.63) is 29.8 Å². The number of rotatable bonds is 6. The summed E-state index contributed by atoms with van der Waals surface area (Å²) in [6, 6.07) is 7.00. The summed E-state index contributed by atoms with van der Waals surface area (Å²) in [7, 11) is -3.42. The smallest absolute Gasteiger partial charge is 0.208 e. The van der Waals surface area contributed by atoms with Crippen LogP contribution >= 0.6 is 11.6 Å². The molecule has 0 spiro atoms. The molecule has 1 unspecified atom stereocenters. The number of halogens is 1. The Kier molecular flexibility index (Phi) is 6.08. The molecule has 1 aromatic carbocycles. The molecule has 1 aromatic rings. The van der Waals surface area contributed by atoms with E-state index in [2.05, 4.69) is 4.72 Å². The van der Waals surface area contributed by atoms with E-state index in [0.717, 1.165) is 24.8 Å². The van der Waals surface area contributed by atoms with Gasteiger partial charge in [-0.3, -0.25) is 0 Å². The van der Waals surface area contributed by atoms with Gasteiger partial charge in [0.05, 0.1) is 4.90 Å². The number of aryl methyl sites for hydroxylation is 1. The first kappa shape index (κ1) is 16.8. The third-order valence-electron chi connectivity index (χ3n) is 4.31. The van der Waals surface area contributed by atoms with Crippen LogP contribution in [0.5, 0.6) is 0 Å². The maximum Gasteiger partial charge on any atom is 0.240 e. The Morgan fingerprint density at radius 1 is 1.19 bits per heavy atom. The van der Waals surface area contributed by atoms with E-state index in [4.69, 9.17) is 11.6 Å². The van der Waals surface area contributed by atoms with Crippen molar-refractivity contribution in [1.29, 1.82) is 0 Å². The van der Waals surface area contributed by atoms with Gasteiger partial charge in [-0.15, -0.1) is 11.6 Å². The molecule has 1 N–H and O–H groups in total. The fraction of sp³-hybridized carbons (Fsp3) is 0.625. The summed E-state index contributed by atoms with van der Waals surface area (Å²) in [6.45, 7) is 1.98. The highest BCUT2D eigenvalue weighted by Crippen LogP contribution is 2.27. The molecule has 0 aliphatic heterocycles. The van der Waals surface area contributed by atoms with Crippen molar-refractivity contribution in [2.75, 3.05) is 5.88 Å². The summed E-state index contributed by atoms with van der Waals surface area (Å²) < 4.78 is 27.7. The van der Waals surface area contributed by atoms with Crippen LogP contribution in [0.3, 0.4) is 0 Å². The summed E-state index contributed by atoms with van der Waals surface area (Å²) >= 11 is 5.69. The number of hydrogen-bond acceptors (Lipinski definition) is 2. The first-order valence-electron chi connectivity index (χ1n) is 7.70. The molecule has 1 aliphatic carbocycles. The molecular weight excluding hydrogens is 306 g/mol. The van der Waals surface area contributed by atoms with E-state index < -0.39 is 10.0 Å². The molecule has 118 valence electrons. The van der Waals surface area contributed by atoms with Crippen LogP contribution < -0.4 is 4.72 Å². The van der Waals surface area contributed by atoms with E-state index in [-0.39, 0.29) is 6.04 Å². The molecule has 3 nitrogen and oxygen atoms in total. The Hall–Kier alpha value is -0.580. The normalized spacial score (nSPS) is 18.6. The van der Waals surface area contributed by atoms with Crippen molar-refractivity contribution in [3.63, 3.8) is 0 Å². The lowest BCUT2D eigenvalue weighted by molar-refractivity contribution is 0.303. The molecule has 1 fully saturated rings. The summed E-state index contributed by atoms with van der Waals surface area (Å²) in [4.78, 5) is 0.337. The predicted octanol–water partition coefficient (Wildman–Crippen LogP) is 3.72. The van der Waals surface area contributed by atoms with Gasteiger partial charge < -0.3 is 0 Å². The molecule has 0 amide bonds. The largest absolute Gasteiger partial charge is 0.240 e. The molecule has 1 saturated carbocycles. The number of alkyl halides is 1. The second-order valence-electron chi connectivity index (χ2n) is 5.89. The van der Waals surface area contributed by atoms with Gasteiger partial charge in [-0.05, 0) is 49.8 Å². The maximum absolute atomic E-state index is 12.4. The lowest BCUT2D eigenvalue weighted by Crippen LogP contribution is -2.38. The van der Waals surface area contributed by atoms with Crippen LogP contribution in [0.2, 0.25) is 0 Å². The van der Waals surface area contributed by atoms with E-state index >= 15 is 0 Å². The number of hydrogen-bond donors (Lipinski definition) is 1. The molecule has 0 bridgehead atoms. The maximum atomic E-state index is 12.4. The zero-order chi connectivity index (χ0) is 15.3. The molecule has 0 radical (unpaired) electrons. The van der Waals surface area contributed by atoms with Gasteiger partial charge in [-0.1, -0.05) is 31.4 Å². The van der Waals surface area contributed by atoms with Crippen molar-refractivity contribution in [1.82, 2.24) is 4.72 Å². The highest BCUT2D eigenvalue weighted by molar-refractivity contribution is 7.89. The van der Waals surface area contributed by atoms with Crippen LogP contribution in [-0.2, 0) is 16.4 Å². The average molecular weight is 330 g/mol. The molecule has 2 rings (SSSR count). The summed E-state index contributed by atoms with van der Waals surface area (Å²) in [5, 5.41) is 0. The van der Waals surface area contributed by atoms with Crippen LogP contribution in [0, 0.1) is 5.92 Å². The number of nitrogens with one attached hydrogen (secondary N) is 1. The van der Waals surface area contributed by atoms with Crippen molar-refractivity contribution < 1.29 is 8.42 Å². The van der Waals surface area contributed by atoms with Crippen LogP contribution in [0.1, 0.15) is 44.6 Å². The van der Waals surface area contributed by atoms with E-state index in [0.29, 0.717) is 16.7 Å². The first-order chi connectivity index (χ1) is 10.0. The van der Waals surface area contributed by atoms with E-state index in [1.165, 1.54) is 19.3 Å². The third-order valence-corrected chi connectivity index (χ3v) is 6.08. The Labute approximate surface area is 133 Å². The quantitative estimate of drug-likeness (QED) is 0.808. The Morgan fingerprint density at radius 3 is 2.38 bits per heavy atom. The SMILES string of the molecule is CC(NS(=O)(=O)c1ccc(CCCl)cc1)C1CCCCC1. The zero-order valence-corrected chi connectivity index (χ0v) is 14.1. The predicted molar refractivity (Wildman–Crippen MR) is 87.2 cm³/mol. The Morgan fingerprint density at radius 2 is 1.81 bits per heavy atom. The third kappa shape index (κ3) is 4.70. The number of sulfonamides is 1. The topological polar surface area (TPSA) is 46.2 Å². The second kappa shape index (κ2) is 7.61. The van der Waals surface area contributed by atoms with Crippen LogP contribution in [0.15, 0.2) is 29.2 Å². The van der Waals surface area contributed by atoms with E-state index in [1.807, 2.05) is 19.1 Å². The van der Waals surface area contributed by atoms with Gasteiger partial charge in [0.15, 0.2) is 0 Å². The summed E-state index contributed by atoms with van der Waals surface area (Å²) in [5.74, 6) is 1.01. The van der Waals surface area contributed by atoms with Gasteiger partial charge in [0, 0.05) is 11.9 Å². The number of benzene rings is 1. The van der Waals surface area contributed by atoms with E-state index in [1.54, 1.807) is 12.1 Å². The Bertz CT molecular complexity index is 536. The van der Waals surface area contributed by atoms with Crippen LogP contribution in [0.4, 0.5) is 0 Å². The molecule has 0 saturated heterocycles. The monoisotopic (exact) mass is 329 g/mol. The van der Waals surface area contributed by atoms with Crippen molar-refractivity contribution >= 4 is 21.6 Å². The van der Waals surface area contributed by atoms with Gasteiger partial charge in [-0.2, -0.15) is 0 Å². The minimum atomic E-state index is -3.42. The van der Waals surface area contributed by atoms with Crippen LogP contribution in [-0.4, -0.2) is 20.3 Å². The zero-order valence-electron chi connectivity index (χ0n) is 12.5. The summed E-state index contributed by atoms with van der Waals surface area (Å²) in [6.07, 6.45) is 6.70. The average Bonchev–Trinajstić information content (AvgIpc) is 2.48.